The van der Waals surface area contributed by atoms with Gasteiger partial charge >= 0.3 is 5.97 Å². The first-order valence-corrected chi connectivity index (χ1v) is 23.7. The summed E-state index contributed by atoms with van der Waals surface area (Å²) >= 11 is 1.49. The molecule has 0 radical (unpaired) electrons. The number of thiazole rings is 1. The van der Waals surface area contributed by atoms with Gasteiger partial charge in [0, 0.05) is 105 Å². The van der Waals surface area contributed by atoms with Crippen molar-refractivity contribution >= 4 is 46.4 Å². The average Bonchev–Trinajstić information content (AvgIpc) is 4.12. The van der Waals surface area contributed by atoms with Crippen molar-refractivity contribution in [3.8, 4) is 27.7 Å². The molecule has 1 fully saturated rings. The van der Waals surface area contributed by atoms with Crippen LogP contribution in [-0.4, -0.2) is 104 Å². The van der Waals surface area contributed by atoms with Gasteiger partial charge in [0.25, 0.3) is 5.91 Å². The largest absolute Gasteiger partial charge is 0.491 e. The Bertz CT molecular complexity index is 2920. The number of amides is 3. The summed E-state index contributed by atoms with van der Waals surface area (Å²) in [5, 5.41) is 20.6. The van der Waals surface area contributed by atoms with Gasteiger partial charge in [0.15, 0.2) is 5.60 Å². The molecule has 69 heavy (non-hydrogen) atoms. The number of benzene rings is 4. The fourth-order valence-electron chi connectivity index (χ4n) is 9.44. The molecule has 3 aliphatic heterocycles. The molecule has 1 saturated heterocycles. The summed E-state index contributed by atoms with van der Waals surface area (Å²) in [7, 11) is 7.78. The van der Waals surface area contributed by atoms with Gasteiger partial charge in [0.2, 0.25) is 11.8 Å². The third kappa shape index (κ3) is 8.76. The second-order valence-corrected chi connectivity index (χ2v) is 19.3. The zero-order chi connectivity index (χ0) is 48.9. The molecule has 3 aliphatic rings. The molecule has 2 aromatic heterocycles. The maximum absolute atomic E-state index is 14.0. The number of fused-ring (bicyclic) bond motifs is 6. The van der Waals surface area contributed by atoms with Gasteiger partial charge in [0.05, 0.1) is 40.0 Å². The van der Waals surface area contributed by atoms with E-state index >= 15 is 0 Å². The van der Waals surface area contributed by atoms with Gasteiger partial charge in [-0.1, -0.05) is 37.2 Å². The van der Waals surface area contributed by atoms with Crippen LogP contribution in [0.1, 0.15) is 86.3 Å². The quantitative estimate of drug-likeness (QED) is 0.0753. The molecular weight excluding hydrogens is 899 g/mol. The third-order valence-corrected chi connectivity index (χ3v) is 14.0. The zero-order valence-electron chi connectivity index (χ0n) is 39.8. The van der Waals surface area contributed by atoms with E-state index in [-0.39, 0.29) is 55.6 Å². The van der Waals surface area contributed by atoms with Crippen LogP contribution in [0.3, 0.4) is 0 Å². The Hall–Kier alpha value is -7.24. The fourth-order valence-corrected chi connectivity index (χ4v) is 10.2. The maximum atomic E-state index is 14.0. The Kier molecular flexibility index (Phi) is 12.7. The highest BCUT2D eigenvalue weighted by molar-refractivity contribution is 7.13. The second kappa shape index (κ2) is 18.7. The van der Waals surface area contributed by atoms with E-state index < -0.39 is 41.4 Å². The lowest BCUT2D eigenvalue weighted by Crippen LogP contribution is -2.48. The minimum Gasteiger partial charge on any atom is -0.491 e. The van der Waals surface area contributed by atoms with Crippen molar-refractivity contribution in [2.24, 2.45) is 5.92 Å². The molecule has 5 heterocycles. The smallest absolute Gasteiger partial charge is 0.340 e. The van der Waals surface area contributed by atoms with Gasteiger partial charge in [-0.25, -0.2) is 9.78 Å². The predicted molar refractivity (Wildman–Crippen MR) is 260 cm³/mol. The van der Waals surface area contributed by atoms with Crippen molar-refractivity contribution in [2.45, 2.75) is 64.3 Å². The first kappa shape index (κ1) is 46.9. The Labute approximate surface area is 404 Å². The van der Waals surface area contributed by atoms with Crippen molar-refractivity contribution in [3.63, 3.8) is 0 Å². The number of anilines is 2. The summed E-state index contributed by atoms with van der Waals surface area (Å²) in [6, 6.07) is 23.1. The normalized spacial score (nSPS) is 16.8. The van der Waals surface area contributed by atoms with E-state index in [1.54, 1.807) is 36.7 Å². The summed E-state index contributed by atoms with van der Waals surface area (Å²) < 4.78 is 24.7. The number of aliphatic hydroxyl groups is 1. The van der Waals surface area contributed by atoms with Gasteiger partial charge < -0.3 is 49.2 Å². The monoisotopic (exact) mass is 953 g/mol. The lowest BCUT2D eigenvalue weighted by Gasteiger charge is -2.37. The van der Waals surface area contributed by atoms with Crippen molar-refractivity contribution in [3.05, 3.63) is 135 Å². The van der Waals surface area contributed by atoms with Crippen LogP contribution in [0.2, 0.25) is 0 Å². The van der Waals surface area contributed by atoms with Crippen LogP contribution in [0.25, 0.3) is 10.4 Å². The molecule has 16 nitrogen and oxygen atoms in total. The van der Waals surface area contributed by atoms with Gasteiger partial charge in [-0.15, -0.1) is 11.3 Å². The summed E-state index contributed by atoms with van der Waals surface area (Å²) in [6.45, 7) is 7.76. The molecule has 3 N–H and O–H groups in total. The maximum Gasteiger partial charge on any atom is 0.340 e. The number of aryl methyl sites for hydroxylation is 2. The summed E-state index contributed by atoms with van der Waals surface area (Å²) in [5.74, 6) is -0.508. The van der Waals surface area contributed by atoms with Crippen LogP contribution in [0.15, 0.2) is 88.9 Å². The van der Waals surface area contributed by atoms with Gasteiger partial charge in [-0.05, 0) is 67.8 Å². The zero-order valence-corrected chi connectivity index (χ0v) is 40.6. The van der Waals surface area contributed by atoms with E-state index in [0.29, 0.717) is 51.0 Å². The number of carbonyl (C=O) groups excluding carboxylic acids is 4. The van der Waals surface area contributed by atoms with Crippen LogP contribution < -0.4 is 29.9 Å². The van der Waals surface area contributed by atoms with E-state index in [1.165, 1.54) is 16.2 Å². The molecule has 1 unspecified atom stereocenters. The first-order valence-electron chi connectivity index (χ1n) is 22.9. The molecule has 4 aromatic carbocycles. The molecule has 17 heteroatoms. The highest BCUT2D eigenvalue weighted by atomic mass is 32.1. The van der Waals surface area contributed by atoms with Crippen LogP contribution in [0.4, 0.5) is 11.4 Å². The highest BCUT2D eigenvalue weighted by Crippen LogP contribution is 2.57. The van der Waals surface area contributed by atoms with Crippen molar-refractivity contribution in [1.29, 1.82) is 0 Å². The Balaban J connectivity index is 0.907. The molecule has 3 amide bonds. The molecular formula is C52H55N7O9S. The number of nitrogens with one attached hydrogen (secondary N) is 2. The fraction of sp³-hybridized carbons (Fsp3) is 0.346. The molecule has 0 aliphatic carbocycles. The number of hydrogen-bond donors (Lipinski definition) is 3. The number of β-amino-alcohol motifs (C(OH)–C–C–N with tert-alkyl or cyclic N) is 1. The number of ether oxygens (including phenoxy) is 3. The standard InChI is InChI=1S/C52H55N7O9S/c1-28(2)46(45-19-29(3)56-68-45)50(63)59-26-36(60)24-41(59)49(62)54-25-33-10-9-31(47-30(4)55-27-69-47)21-42(33)65-18-17-53-48(61)32-11-14-38-37(20-32)51(64)67-52(38)39-15-12-34(57(5)6)22-43(39)66-44-23-35(58(7)8)13-16-40(44)52/h9-16,19-23,27-28,36,41,46,60H,17-18,24-26H2,1-8H3,(H,53,61)(H,54,62)/t36-,41+,46?/m1/s1. The SMILES string of the molecule is Cc1cc(C(C(=O)N2C[C@H](O)C[C@H]2C(=O)NCc2ccc(-c3scnc3C)cc2OCCNC(=O)c2ccc3c(c2)C(=O)OC32c3ccc(N(C)C)cc3Oc3cc(N(C)C)ccc32)C(C)C)on1. The number of likely N-dealkylation sites (tertiary alicyclic amines) is 1. The number of aliphatic hydroxyl groups excluding tert-OH is 1. The van der Waals surface area contributed by atoms with Crippen LogP contribution in [0, 0.1) is 19.8 Å². The van der Waals surface area contributed by atoms with Gasteiger partial charge in [0.1, 0.15) is 41.6 Å². The number of aromatic nitrogens is 2. The Morgan fingerprint density at radius 2 is 1.61 bits per heavy atom. The number of carbonyl (C=O) groups is 4. The number of rotatable bonds is 14. The minimum absolute atomic E-state index is 0.0149. The number of esters is 1. The van der Waals surface area contributed by atoms with E-state index in [9.17, 15) is 24.3 Å². The van der Waals surface area contributed by atoms with Crippen LogP contribution >= 0.6 is 11.3 Å². The molecule has 3 atom stereocenters. The lowest BCUT2D eigenvalue weighted by molar-refractivity contribution is -0.141. The number of nitrogens with zero attached hydrogens (tertiary/aromatic N) is 5. The summed E-state index contributed by atoms with van der Waals surface area (Å²) in [6.07, 6.45) is -0.786. The van der Waals surface area contributed by atoms with Crippen molar-refractivity contribution in [2.75, 3.05) is 57.7 Å². The average molecular weight is 954 g/mol. The molecule has 0 saturated carbocycles. The van der Waals surface area contributed by atoms with Gasteiger partial charge in [-0.2, -0.15) is 0 Å². The highest BCUT2D eigenvalue weighted by Gasteiger charge is 2.54. The molecule has 9 rings (SSSR count). The van der Waals surface area contributed by atoms with Crippen molar-refractivity contribution < 1.29 is 43.0 Å². The second-order valence-electron chi connectivity index (χ2n) is 18.5. The summed E-state index contributed by atoms with van der Waals surface area (Å²) in [4.78, 5) is 66.2. The van der Waals surface area contributed by atoms with E-state index in [2.05, 4.69) is 20.8 Å². The van der Waals surface area contributed by atoms with E-state index in [4.69, 9.17) is 18.7 Å². The predicted octanol–water partition coefficient (Wildman–Crippen LogP) is 6.94. The summed E-state index contributed by atoms with van der Waals surface area (Å²) in [5.41, 5.74) is 7.84. The molecule has 358 valence electrons. The third-order valence-electron chi connectivity index (χ3n) is 13.0. The van der Waals surface area contributed by atoms with E-state index in [0.717, 1.165) is 27.5 Å². The first-order chi connectivity index (χ1) is 33.0. The van der Waals surface area contributed by atoms with Gasteiger partial charge in [-0.3, -0.25) is 14.4 Å². The minimum atomic E-state index is -1.30. The lowest BCUT2D eigenvalue weighted by atomic mass is 9.77. The molecule has 0 bridgehead atoms. The molecule has 1 spiro atoms. The van der Waals surface area contributed by atoms with Crippen LogP contribution in [0.5, 0.6) is 17.2 Å². The Morgan fingerprint density at radius 1 is 0.913 bits per heavy atom. The topological polar surface area (TPSA) is 189 Å². The Morgan fingerprint density at radius 3 is 2.23 bits per heavy atom. The van der Waals surface area contributed by atoms with Crippen molar-refractivity contribution in [1.82, 2.24) is 25.7 Å². The molecule has 6 aromatic rings. The number of hydrogen-bond acceptors (Lipinski definition) is 14. The van der Waals surface area contributed by atoms with Crippen LogP contribution in [-0.2, 0) is 26.5 Å². The van der Waals surface area contributed by atoms with E-state index in [1.807, 2.05) is 113 Å².